The molecule has 0 spiro atoms. The molecule has 0 amide bonds. The number of fused-ring (bicyclic) bond motifs is 4. The summed E-state index contributed by atoms with van der Waals surface area (Å²) >= 11 is 0. The summed E-state index contributed by atoms with van der Waals surface area (Å²) in [7, 11) is 0. The van der Waals surface area contributed by atoms with Crippen molar-refractivity contribution in [1.29, 1.82) is 0 Å². The van der Waals surface area contributed by atoms with Gasteiger partial charge in [-0.3, -0.25) is 57.5 Å². The first kappa shape index (κ1) is 79.2. The first-order chi connectivity index (χ1) is 46.3. The van der Waals surface area contributed by atoms with Crippen LogP contribution in [0, 0.1) is 34.0 Å². The molecule has 0 aromatic carbocycles. The summed E-state index contributed by atoms with van der Waals surface area (Å²) in [4.78, 5) is 156. The first-order valence-electron chi connectivity index (χ1n) is 33.3. The Balaban J connectivity index is 1.31. The van der Waals surface area contributed by atoms with E-state index < -0.39 is 224 Å². The highest BCUT2D eigenvalue weighted by atomic mass is 16.8. The molecule has 99 heavy (non-hydrogen) atoms. The molecule has 31 nitrogen and oxygen atoms in total. The summed E-state index contributed by atoms with van der Waals surface area (Å²) in [6.45, 7) is 18.7. The monoisotopic (exact) mass is 1410 g/mol. The van der Waals surface area contributed by atoms with E-state index in [1.54, 1.807) is 0 Å². The number of aliphatic carboxylic acids is 1. The van der Waals surface area contributed by atoms with E-state index in [4.69, 9.17) is 80.5 Å². The minimum atomic E-state index is -2.19. The van der Waals surface area contributed by atoms with Gasteiger partial charge in [-0.2, -0.15) is 0 Å². The minimum Gasteiger partial charge on any atom is -0.481 e. The van der Waals surface area contributed by atoms with E-state index in [1.165, 1.54) is 6.92 Å². The molecule has 31 heteroatoms. The summed E-state index contributed by atoms with van der Waals surface area (Å²) in [6.07, 6.45) is -22.7. The molecule has 0 aromatic heterocycles. The van der Waals surface area contributed by atoms with Crippen molar-refractivity contribution in [1.82, 2.24) is 0 Å². The predicted molar refractivity (Wildman–Crippen MR) is 331 cm³/mol. The van der Waals surface area contributed by atoms with Crippen LogP contribution in [-0.4, -0.2) is 212 Å². The van der Waals surface area contributed by atoms with Gasteiger partial charge in [-0.1, -0.05) is 43.6 Å². The zero-order chi connectivity index (χ0) is 73.6. The molecule has 4 aliphatic carbocycles. The van der Waals surface area contributed by atoms with E-state index in [9.17, 15) is 67.7 Å². The molecule has 0 bridgehead atoms. The Labute approximate surface area is 573 Å². The van der Waals surface area contributed by atoms with Gasteiger partial charge in [0.2, 0.25) is 0 Å². The van der Waals surface area contributed by atoms with Crippen molar-refractivity contribution in [2.24, 2.45) is 34.0 Å². The molecule has 3 heterocycles. The average Bonchev–Trinajstić information content (AvgIpc) is 1.64. The zero-order valence-corrected chi connectivity index (χ0v) is 59.0. The van der Waals surface area contributed by atoms with Crippen LogP contribution in [-0.2, 0) is 138 Å². The molecule has 7 aliphatic rings. The van der Waals surface area contributed by atoms with Crippen molar-refractivity contribution in [3.8, 4) is 0 Å². The number of aliphatic hydroxyl groups is 1. The number of esters is 11. The summed E-state index contributed by atoms with van der Waals surface area (Å²) in [5.74, 6) is -12.1. The number of ether oxygens (including phenoxy) is 17. The Morgan fingerprint density at radius 1 is 0.505 bits per heavy atom. The fourth-order valence-electron chi connectivity index (χ4n) is 16.5. The van der Waals surface area contributed by atoms with Crippen LogP contribution in [0.15, 0.2) is 22.8 Å². The average molecular weight is 1410 g/mol. The Hall–Kier alpha value is -7.16. The molecule has 2 N–H and O–H groups in total. The third kappa shape index (κ3) is 17.8. The Morgan fingerprint density at radius 2 is 0.980 bits per heavy atom. The van der Waals surface area contributed by atoms with E-state index in [0.29, 0.717) is 32.1 Å². The molecule has 3 saturated heterocycles. The molecule has 3 aliphatic heterocycles. The number of carboxylic acid groups (broad SMARTS) is 1. The standard InChI is InChI=1S/C68H96O31/c1-31(2)17-19-47(87-36(7)72)32(3)44-22-26-67(64(80)81)46-18-20-51-65(15,45(46)21-25-66(44,67)16)24-23-52(68(51,82)30-86-35(6)71)98-63-60(57(92-41(12)77)54(89-38(9)74)49(97-63)28-84-34(5)70)99-61-58(93-42(13)78)55(90-39(10)75)50(29-85-61)96-62-59(94-43(14)79)56(91-40(11)76)53(88-37(8)73)48(95-62)27-83-33(4)69/h17,32,44,47-63,82H,18-30H2,1-16H3,(H,80,81)/t32-,44+,47-,48+,49+,50-,51+,52-,53-,54-,55-,56-,57-,58+,59+,60+,61+,62-,63-,65+,66+,67-,68+/m0/s1. The van der Waals surface area contributed by atoms with E-state index in [-0.39, 0.29) is 37.5 Å². The number of hydrogen-bond donors (Lipinski definition) is 2. The molecular formula is C68H96O31. The van der Waals surface area contributed by atoms with Gasteiger partial charge in [0.25, 0.3) is 0 Å². The van der Waals surface area contributed by atoms with Crippen molar-refractivity contribution in [2.45, 2.75) is 272 Å². The number of carbonyl (C=O) groups is 12. The molecule has 554 valence electrons. The highest BCUT2D eigenvalue weighted by Gasteiger charge is 2.71. The SMILES string of the molecule is CC(=O)OC[C@H]1O[C@@H](O[C@H]2CO[C@H](O[C@H]3[C@H](O[C@H]4CC[C@]5(C)C6=C(CC[C@H]5[C@]4(O)COC(C)=O)[C@]4(C(=O)O)CC[C@H]([C@H](C)[C@H](CC=C(C)C)OC(C)=O)[C@@]4(C)CC6)O[C@H](COC(C)=O)[C@H](OC(C)=O)[C@@H]3OC(C)=O)[C@H](OC(C)=O)[C@H]2OC(C)=O)[C@H](OC(C)=O)[C@@H](OC(C)=O)[C@H]1OC(C)=O. The van der Waals surface area contributed by atoms with Crippen LogP contribution < -0.4 is 0 Å². The summed E-state index contributed by atoms with van der Waals surface area (Å²) < 4.78 is 102. The molecular weight excluding hydrogens is 1310 g/mol. The van der Waals surface area contributed by atoms with E-state index >= 15 is 0 Å². The maximum atomic E-state index is 14.4. The number of hydrogen-bond acceptors (Lipinski definition) is 30. The largest absolute Gasteiger partial charge is 0.481 e. The maximum absolute atomic E-state index is 14.4. The Morgan fingerprint density at radius 3 is 1.46 bits per heavy atom. The van der Waals surface area contributed by atoms with Gasteiger partial charge in [0.1, 0.15) is 49.8 Å². The molecule has 7 rings (SSSR count). The minimum absolute atomic E-state index is 0.0808. The third-order valence-corrected chi connectivity index (χ3v) is 20.3. The van der Waals surface area contributed by atoms with Gasteiger partial charge in [-0.15, -0.1) is 0 Å². The first-order valence-corrected chi connectivity index (χ1v) is 33.3. The second-order valence-electron chi connectivity index (χ2n) is 27.4. The lowest BCUT2D eigenvalue weighted by Crippen LogP contribution is -2.69. The molecule has 0 unspecified atom stereocenters. The lowest BCUT2D eigenvalue weighted by molar-refractivity contribution is -0.382. The number of allylic oxidation sites excluding steroid dienone is 2. The fourth-order valence-corrected chi connectivity index (χ4v) is 16.5. The molecule has 0 aromatic rings. The van der Waals surface area contributed by atoms with Gasteiger partial charge in [0.05, 0.1) is 18.1 Å². The predicted octanol–water partition coefficient (Wildman–Crippen LogP) is 4.60. The second kappa shape index (κ2) is 32.7. The van der Waals surface area contributed by atoms with Gasteiger partial charge in [0, 0.05) is 88.5 Å². The number of carbonyl (C=O) groups excluding carboxylic acids is 11. The highest BCUT2D eigenvalue weighted by Crippen LogP contribution is 2.72. The van der Waals surface area contributed by atoms with Crippen molar-refractivity contribution < 1.29 is 148 Å². The van der Waals surface area contributed by atoms with Gasteiger partial charge in [0.15, 0.2) is 67.7 Å². The quantitative estimate of drug-likeness (QED) is 0.0716. The van der Waals surface area contributed by atoms with Crippen LogP contribution in [0.5, 0.6) is 0 Å². The van der Waals surface area contributed by atoms with Crippen LogP contribution in [0.25, 0.3) is 0 Å². The van der Waals surface area contributed by atoms with Crippen LogP contribution in [0.4, 0.5) is 0 Å². The summed E-state index contributed by atoms with van der Waals surface area (Å²) in [5.41, 5.74) is -2.73. The normalized spacial score (nSPS) is 36.0. The topological polar surface area (TPSA) is 402 Å². The van der Waals surface area contributed by atoms with Crippen molar-refractivity contribution in [3.63, 3.8) is 0 Å². The summed E-state index contributed by atoms with van der Waals surface area (Å²) in [6, 6.07) is 0. The van der Waals surface area contributed by atoms with E-state index in [0.717, 1.165) is 86.0 Å². The second-order valence-corrected chi connectivity index (χ2v) is 27.4. The molecule has 2 saturated carbocycles. The van der Waals surface area contributed by atoms with Gasteiger partial charge in [-0.25, -0.2) is 0 Å². The van der Waals surface area contributed by atoms with Crippen molar-refractivity contribution in [3.05, 3.63) is 22.8 Å². The Kier molecular flexibility index (Phi) is 26.1. The fraction of sp³-hybridized carbons (Fsp3) is 0.765. The van der Waals surface area contributed by atoms with Gasteiger partial charge < -0.3 is 90.7 Å². The smallest absolute Gasteiger partial charge is 0.314 e. The van der Waals surface area contributed by atoms with Crippen LogP contribution in [0.2, 0.25) is 0 Å². The third-order valence-electron chi connectivity index (χ3n) is 20.3. The van der Waals surface area contributed by atoms with Crippen molar-refractivity contribution in [2.75, 3.05) is 26.4 Å². The molecule has 5 fully saturated rings. The zero-order valence-electron chi connectivity index (χ0n) is 59.0. The Bertz CT molecular complexity index is 3120. The highest BCUT2D eigenvalue weighted by molar-refractivity contribution is 5.82. The van der Waals surface area contributed by atoms with Crippen molar-refractivity contribution >= 4 is 71.6 Å². The maximum Gasteiger partial charge on any atom is 0.314 e. The van der Waals surface area contributed by atoms with Gasteiger partial charge >= 0.3 is 71.6 Å². The van der Waals surface area contributed by atoms with Crippen LogP contribution in [0.1, 0.15) is 169 Å². The van der Waals surface area contributed by atoms with Gasteiger partial charge in [-0.05, 0) is 87.9 Å². The lowest BCUT2D eigenvalue weighted by Gasteiger charge is -2.62. The number of rotatable bonds is 25. The molecule has 23 atom stereocenters. The number of carboxylic acids is 1. The summed E-state index contributed by atoms with van der Waals surface area (Å²) in [5, 5.41) is 25.5. The van der Waals surface area contributed by atoms with Crippen LogP contribution >= 0.6 is 0 Å². The molecule has 0 radical (unpaired) electrons. The van der Waals surface area contributed by atoms with E-state index in [1.807, 2.05) is 40.7 Å². The van der Waals surface area contributed by atoms with Crippen LogP contribution in [0.3, 0.4) is 0 Å². The lowest BCUT2D eigenvalue weighted by atomic mass is 9.44. The van der Waals surface area contributed by atoms with E-state index in [2.05, 4.69) is 0 Å².